The van der Waals surface area contributed by atoms with Crippen LogP contribution in [-0.4, -0.2) is 40.1 Å². The van der Waals surface area contributed by atoms with E-state index >= 15 is 0 Å². The summed E-state index contributed by atoms with van der Waals surface area (Å²) in [6.45, 7) is 2.66. The predicted octanol–water partition coefficient (Wildman–Crippen LogP) is 1.43. The highest BCUT2D eigenvalue weighted by Crippen LogP contribution is 2.50. The number of hydrogen-bond acceptors (Lipinski definition) is 8. The zero-order valence-electron chi connectivity index (χ0n) is 13.9. The van der Waals surface area contributed by atoms with Gasteiger partial charge in [0, 0.05) is 29.0 Å². The molecule has 0 spiro atoms. The van der Waals surface area contributed by atoms with Gasteiger partial charge >= 0.3 is 5.91 Å². The maximum absolute atomic E-state index is 12.5. The van der Waals surface area contributed by atoms with Crippen LogP contribution in [0.3, 0.4) is 0 Å². The molecule has 0 aliphatic carbocycles. The lowest BCUT2D eigenvalue weighted by atomic mass is 9.69. The first-order valence-corrected chi connectivity index (χ1v) is 7.28. The van der Waals surface area contributed by atoms with Crippen molar-refractivity contribution in [1.82, 2.24) is 0 Å². The van der Waals surface area contributed by atoms with Crippen LogP contribution in [0.15, 0.2) is 12.1 Å². The highest BCUT2D eigenvalue weighted by Gasteiger charge is 2.55. The summed E-state index contributed by atoms with van der Waals surface area (Å²) in [7, 11) is 1.11. The largest absolute Gasteiger partial charge is 0.303 e. The first-order chi connectivity index (χ1) is 11.9. The van der Waals surface area contributed by atoms with Gasteiger partial charge in [0.1, 0.15) is 12.0 Å². The van der Waals surface area contributed by atoms with Crippen molar-refractivity contribution in [3.05, 3.63) is 48.0 Å². The number of aldehydes is 1. The van der Waals surface area contributed by atoms with Crippen LogP contribution in [-0.2, 0) is 9.59 Å². The summed E-state index contributed by atoms with van der Waals surface area (Å²) in [6, 6.07) is -0.285. The SMILES string of the molecule is CN1C(=O)C([N+](=O)[O-])C(C(C)(C)C=O)c2cc([N+](=O)[O-])cc([N+](=O)[O-])c21. The Hall–Kier alpha value is -3.44. The van der Waals surface area contributed by atoms with Crippen LogP contribution < -0.4 is 4.90 Å². The second-order valence-electron chi connectivity index (χ2n) is 6.46. The van der Waals surface area contributed by atoms with E-state index in [-0.39, 0.29) is 11.3 Å². The molecule has 2 unspecified atom stereocenters. The van der Waals surface area contributed by atoms with Crippen LogP contribution in [0.2, 0.25) is 0 Å². The molecular weight excluding hydrogens is 352 g/mol. The molecule has 1 aliphatic heterocycles. The van der Waals surface area contributed by atoms with Gasteiger partial charge in [-0.2, -0.15) is 0 Å². The molecule has 1 aromatic rings. The summed E-state index contributed by atoms with van der Waals surface area (Å²) in [5, 5.41) is 34.0. The number of nitro benzene ring substituents is 2. The lowest BCUT2D eigenvalue weighted by molar-refractivity contribution is -0.514. The number of nitro groups is 3. The van der Waals surface area contributed by atoms with Crippen LogP contribution in [0.25, 0.3) is 0 Å². The third kappa shape index (κ3) is 2.74. The molecule has 0 N–H and O–H groups in total. The number of carbonyl (C=O) groups excluding carboxylic acids is 2. The Kier molecular flexibility index (Phi) is 4.45. The van der Waals surface area contributed by atoms with Gasteiger partial charge in [-0.3, -0.25) is 35.1 Å². The number of carbonyl (C=O) groups is 2. The van der Waals surface area contributed by atoms with E-state index in [9.17, 15) is 39.9 Å². The molecule has 12 nitrogen and oxygen atoms in total. The van der Waals surface area contributed by atoms with Crippen molar-refractivity contribution >= 4 is 29.3 Å². The van der Waals surface area contributed by atoms with Crippen molar-refractivity contribution < 1.29 is 24.4 Å². The van der Waals surface area contributed by atoms with Gasteiger partial charge in [0.2, 0.25) is 0 Å². The number of nitrogens with zero attached hydrogens (tertiary/aromatic N) is 4. The fourth-order valence-corrected chi connectivity index (χ4v) is 3.19. The quantitative estimate of drug-likeness (QED) is 0.428. The molecule has 1 heterocycles. The molecule has 1 amide bonds. The minimum absolute atomic E-state index is 0.160. The van der Waals surface area contributed by atoms with Gasteiger partial charge in [-0.1, -0.05) is 13.8 Å². The molecule has 2 rings (SSSR count). The smallest absolute Gasteiger partial charge is 0.302 e. The summed E-state index contributed by atoms with van der Waals surface area (Å²) in [5.41, 5.74) is -3.33. The third-order valence-electron chi connectivity index (χ3n) is 4.41. The van der Waals surface area contributed by atoms with Crippen molar-refractivity contribution in [2.45, 2.75) is 25.8 Å². The second kappa shape index (κ2) is 6.13. The Morgan fingerprint density at radius 2 is 1.69 bits per heavy atom. The van der Waals surface area contributed by atoms with E-state index in [0.29, 0.717) is 12.4 Å². The van der Waals surface area contributed by atoms with Gasteiger partial charge in [-0.15, -0.1) is 0 Å². The topological polar surface area (TPSA) is 167 Å². The highest BCUT2D eigenvalue weighted by molar-refractivity contribution is 6.03. The first kappa shape index (κ1) is 18.9. The van der Waals surface area contributed by atoms with E-state index in [1.165, 1.54) is 13.8 Å². The van der Waals surface area contributed by atoms with E-state index in [2.05, 4.69) is 0 Å². The molecule has 0 saturated heterocycles. The first-order valence-electron chi connectivity index (χ1n) is 7.28. The van der Waals surface area contributed by atoms with E-state index in [1.54, 1.807) is 0 Å². The van der Waals surface area contributed by atoms with Crippen LogP contribution in [0, 0.1) is 35.8 Å². The number of likely N-dealkylation sites (N-methyl/N-ethyl adjacent to an activating group) is 1. The normalized spacial score (nSPS) is 19.7. The number of non-ortho nitro benzene ring substituents is 1. The van der Waals surface area contributed by atoms with Crippen molar-refractivity contribution in [1.29, 1.82) is 0 Å². The third-order valence-corrected chi connectivity index (χ3v) is 4.41. The molecule has 0 radical (unpaired) electrons. The van der Waals surface area contributed by atoms with E-state index in [1.807, 2.05) is 0 Å². The molecule has 0 bridgehead atoms. The molecule has 1 aliphatic rings. The summed E-state index contributed by atoms with van der Waals surface area (Å²) in [6.07, 6.45) is 0.390. The van der Waals surface area contributed by atoms with Crippen molar-refractivity contribution in [2.75, 3.05) is 11.9 Å². The number of rotatable bonds is 5. The highest BCUT2D eigenvalue weighted by atomic mass is 16.6. The molecule has 0 saturated carbocycles. The number of hydrogen-bond donors (Lipinski definition) is 0. The standard InChI is InChI=1S/C14H14N4O8/c1-14(2,6-19)10-8-4-7(16(21)22)5-9(17(23)24)11(8)15(3)13(20)12(10)18(25)26/h4-6,10,12H,1-3H3. The fourth-order valence-electron chi connectivity index (χ4n) is 3.19. The average molecular weight is 366 g/mol. The molecule has 1 aromatic carbocycles. The summed E-state index contributed by atoms with van der Waals surface area (Å²) < 4.78 is 0. The van der Waals surface area contributed by atoms with Crippen LogP contribution in [0.5, 0.6) is 0 Å². The number of anilines is 1. The molecule has 26 heavy (non-hydrogen) atoms. The lowest BCUT2D eigenvalue weighted by Crippen LogP contribution is -2.52. The van der Waals surface area contributed by atoms with Crippen molar-refractivity contribution in [3.8, 4) is 0 Å². The van der Waals surface area contributed by atoms with E-state index < -0.39 is 49.4 Å². The molecular formula is C14H14N4O8. The average Bonchev–Trinajstić information content (AvgIpc) is 2.55. The van der Waals surface area contributed by atoms with E-state index in [4.69, 9.17) is 0 Å². The maximum Gasteiger partial charge on any atom is 0.302 e. The van der Waals surface area contributed by atoms with Gasteiger partial charge in [0.25, 0.3) is 17.4 Å². The Labute approximate surface area is 145 Å². The van der Waals surface area contributed by atoms with Gasteiger partial charge in [0.15, 0.2) is 0 Å². The predicted molar refractivity (Wildman–Crippen MR) is 86.5 cm³/mol. The number of fused-ring (bicyclic) bond motifs is 1. The summed E-state index contributed by atoms with van der Waals surface area (Å²) in [4.78, 5) is 56.1. The monoisotopic (exact) mass is 366 g/mol. The molecule has 138 valence electrons. The minimum atomic E-state index is -1.91. The minimum Gasteiger partial charge on any atom is -0.303 e. The summed E-state index contributed by atoms with van der Waals surface area (Å²) in [5.74, 6) is -2.45. The fraction of sp³-hybridized carbons (Fsp3) is 0.429. The summed E-state index contributed by atoms with van der Waals surface area (Å²) >= 11 is 0. The van der Waals surface area contributed by atoms with Gasteiger partial charge < -0.3 is 9.69 Å². The Balaban J connectivity index is 2.97. The Morgan fingerprint density at radius 1 is 1.12 bits per heavy atom. The van der Waals surface area contributed by atoms with Crippen LogP contribution >= 0.6 is 0 Å². The van der Waals surface area contributed by atoms with Gasteiger partial charge in [0.05, 0.1) is 21.8 Å². The van der Waals surface area contributed by atoms with Gasteiger partial charge in [-0.05, 0) is 0 Å². The zero-order chi connectivity index (χ0) is 20.0. The number of benzene rings is 1. The number of amides is 1. The van der Waals surface area contributed by atoms with E-state index in [0.717, 1.165) is 18.0 Å². The Morgan fingerprint density at radius 3 is 2.12 bits per heavy atom. The molecule has 2 atom stereocenters. The second-order valence-corrected chi connectivity index (χ2v) is 6.46. The lowest BCUT2D eigenvalue weighted by Gasteiger charge is -2.38. The molecule has 0 aromatic heterocycles. The Bertz CT molecular complexity index is 850. The maximum atomic E-state index is 12.5. The van der Waals surface area contributed by atoms with Gasteiger partial charge in [-0.25, -0.2) is 0 Å². The molecule has 12 heteroatoms. The van der Waals surface area contributed by atoms with Crippen LogP contribution in [0.1, 0.15) is 25.3 Å². The van der Waals surface area contributed by atoms with Crippen molar-refractivity contribution in [3.63, 3.8) is 0 Å². The molecule has 0 fully saturated rings. The van der Waals surface area contributed by atoms with Crippen LogP contribution in [0.4, 0.5) is 17.1 Å². The zero-order valence-corrected chi connectivity index (χ0v) is 13.9. The van der Waals surface area contributed by atoms with Crippen molar-refractivity contribution in [2.24, 2.45) is 5.41 Å².